The Morgan fingerprint density at radius 2 is 1.63 bits per heavy atom. The highest BCUT2D eigenvalue weighted by atomic mass is 14.2. The average molecular weight is 246 g/mol. The van der Waals surface area contributed by atoms with Crippen molar-refractivity contribution in [3.05, 3.63) is 89.5 Å². The largest absolute Gasteiger partial charge is 0.0767 e. The molecule has 0 heteroatoms. The monoisotopic (exact) mass is 246 g/mol. The van der Waals surface area contributed by atoms with Gasteiger partial charge in [0.15, 0.2) is 0 Å². The summed E-state index contributed by atoms with van der Waals surface area (Å²) in [6.07, 6.45) is 7.84. The molecule has 0 amide bonds. The molecule has 1 unspecified atom stereocenters. The molecule has 0 N–H and O–H groups in total. The molecule has 94 valence electrons. The van der Waals surface area contributed by atoms with E-state index in [1.54, 1.807) is 0 Å². The summed E-state index contributed by atoms with van der Waals surface area (Å²) in [5.41, 5.74) is 5.58. The van der Waals surface area contributed by atoms with Crippen LogP contribution in [0.5, 0.6) is 0 Å². The van der Waals surface area contributed by atoms with Crippen LogP contribution in [0.2, 0.25) is 0 Å². The molecular weight excluding hydrogens is 228 g/mol. The minimum absolute atomic E-state index is 0.501. The molecule has 0 heterocycles. The van der Waals surface area contributed by atoms with Gasteiger partial charge in [0.25, 0.3) is 0 Å². The summed E-state index contributed by atoms with van der Waals surface area (Å²) in [5, 5.41) is 0. The zero-order valence-corrected chi connectivity index (χ0v) is 11.2. The van der Waals surface area contributed by atoms with Gasteiger partial charge in [-0.25, -0.2) is 0 Å². The van der Waals surface area contributed by atoms with Crippen LogP contribution in [-0.2, 0) is 0 Å². The van der Waals surface area contributed by atoms with E-state index in [1.807, 2.05) is 0 Å². The van der Waals surface area contributed by atoms with E-state index in [0.717, 1.165) is 6.42 Å². The van der Waals surface area contributed by atoms with Gasteiger partial charge in [-0.2, -0.15) is 0 Å². The lowest BCUT2D eigenvalue weighted by Crippen LogP contribution is -2.01. The van der Waals surface area contributed by atoms with Crippen molar-refractivity contribution in [1.29, 1.82) is 0 Å². The third kappa shape index (κ3) is 2.53. The Labute approximate surface area is 115 Å². The van der Waals surface area contributed by atoms with E-state index in [0.29, 0.717) is 5.92 Å². The molecule has 1 aliphatic rings. The van der Waals surface area contributed by atoms with Crippen molar-refractivity contribution >= 4 is 5.57 Å². The minimum atomic E-state index is 0.501. The Balaban J connectivity index is 1.89. The second-order valence-electron chi connectivity index (χ2n) is 5.11. The Kier molecular flexibility index (Phi) is 3.33. The molecule has 2 aromatic carbocycles. The first kappa shape index (κ1) is 12.0. The average Bonchev–Trinajstić information content (AvgIpc) is 2.49. The van der Waals surface area contributed by atoms with E-state index in [9.17, 15) is 0 Å². The van der Waals surface area contributed by atoms with Crippen LogP contribution in [0, 0.1) is 6.92 Å². The van der Waals surface area contributed by atoms with Gasteiger partial charge in [0.2, 0.25) is 0 Å². The summed E-state index contributed by atoms with van der Waals surface area (Å²) in [5.74, 6) is 0.501. The lowest BCUT2D eigenvalue weighted by molar-refractivity contribution is 0.867. The first-order chi connectivity index (χ1) is 9.34. The second-order valence-corrected chi connectivity index (χ2v) is 5.11. The molecule has 0 aromatic heterocycles. The van der Waals surface area contributed by atoms with Crippen molar-refractivity contribution < 1.29 is 0 Å². The highest BCUT2D eigenvalue weighted by molar-refractivity contribution is 5.71. The molecule has 0 aliphatic heterocycles. The molecule has 0 spiro atoms. The van der Waals surface area contributed by atoms with Crippen LogP contribution in [-0.4, -0.2) is 0 Å². The van der Waals surface area contributed by atoms with Crippen molar-refractivity contribution in [1.82, 2.24) is 0 Å². The highest BCUT2D eigenvalue weighted by Crippen LogP contribution is 2.34. The quantitative estimate of drug-likeness (QED) is 0.689. The van der Waals surface area contributed by atoms with Crippen molar-refractivity contribution in [2.24, 2.45) is 0 Å². The topological polar surface area (TPSA) is 0 Å². The Morgan fingerprint density at radius 1 is 0.895 bits per heavy atom. The van der Waals surface area contributed by atoms with Gasteiger partial charge in [0.1, 0.15) is 0 Å². The molecule has 0 fully saturated rings. The summed E-state index contributed by atoms with van der Waals surface area (Å²) >= 11 is 0. The molecule has 0 nitrogen and oxygen atoms in total. The third-order valence-corrected chi connectivity index (χ3v) is 3.80. The van der Waals surface area contributed by atoms with Crippen LogP contribution < -0.4 is 0 Å². The first-order valence-corrected chi connectivity index (χ1v) is 6.83. The number of aryl methyl sites for hydroxylation is 1. The molecule has 3 rings (SSSR count). The predicted octanol–water partition coefficient (Wildman–Crippen LogP) is 5.12. The molecular formula is C19H18. The summed E-state index contributed by atoms with van der Waals surface area (Å²) in [6, 6.07) is 19.4. The van der Waals surface area contributed by atoms with Gasteiger partial charge < -0.3 is 0 Å². The van der Waals surface area contributed by atoms with Gasteiger partial charge in [-0.3, -0.25) is 0 Å². The van der Waals surface area contributed by atoms with Crippen molar-refractivity contribution in [2.45, 2.75) is 19.3 Å². The maximum absolute atomic E-state index is 2.30. The molecule has 1 atom stereocenters. The van der Waals surface area contributed by atoms with Crippen LogP contribution >= 0.6 is 0 Å². The van der Waals surface area contributed by atoms with Gasteiger partial charge in [-0.05, 0) is 35.6 Å². The lowest BCUT2D eigenvalue weighted by Gasteiger charge is -2.20. The number of hydrogen-bond donors (Lipinski definition) is 0. The molecule has 0 bridgehead atoms. The van der Waals surface area contributed by atoms with Gasteiger partial charge in [0, 0.05) is 5.92 Å². The Morgan fingerprint density at radius 3 is 2.42 bits per heavy atom. The third-order valence-electron chi connectivity index (χ3n) is 3.80. The van der Waals surface area contributed by atoms with E-state index in [1.165, 1.54) is 22.3 Å². The molecule has 0 saturated heterocycles. The fourth-order valence-corrected chi connectivity index (χ4v) is 2.74. The molecule has 19 heavy (non-hydrogen) atoms. The normalized spacial score (nSPS) is 18.2. The van der Waals surface area contributed by atoms with E-state index in [2.05, 4.69) is 79.7 Å². The van der Waals surface area contributed by atoms with Crippen LogP contribution in [0.4, 0.5) is 0 Å². The lowest BCUT2D eigenvalue weighted by atomic mass is 9.84. The summed E-state index contributed by atoms with van der Waals surface area (Å²) < 4.78 is 0. The van der Waals surface area contributed by atoms with Gasteiger partial charge >= 0.3 is 0 Å². The Hall–Kier alpha value is -2.08. The molecule has 1 aliphatic carbocycles. The summed E-state index contributed by atoms with van der Waals surface area (Å²) in [6.45, 7) is 2.19. The maximum Gasteiger partial charge on any atom is 0.00617 e. The van der Waals surface area contributed by atoms with E-state index >= 15 is 0 Å². The fourth-order valence-electron chi connectivity index (χ4n) is 2.74. The number of rotatable bonds is 2. The van der Waals surface area contributed by atoms with Gasteiger partial charge in [0.05, 0.1) is 0 Å². The first-order valence-electron chi connectivity index (χ1n) is 6.83. The highest BCUT2D eigenvalue weighted by Gasteiger charge is 2.15. The summed E-state index contributed by atoms with van der Waals surface area (Å²) in [4.78, 5) is 0. The SMILES string of the molecule is Cc1ccccc1C1=CC=CC(c2ccccc2)C1. The standard InChI is InChI=1S/C19H18/c1-15-8-5-6-13-19(15)18-12-7-11-17(14-18)16-9-3-2-4-10-16/h2-13,17H,14H2,1H3. The summed E-state index contributed by atoms with van der Waals surface area (Å²) in [7, 11) is 0. The predicted molar refractivity (Wildman–Crippen MR) is 82.1 cm³/mol. The number of allylic oxidation sites excluding steroid dienone is 4. The van der Waals surface area contributed by atoms with Crippen LogP contribution in [0.1, 0.15) is 29.0 Å². The van der Waals surface area contributed by atoms with Gasteiger partial charge in [-0.1, -0.05) is 72.8 Å². The second kappa shape index (κ2) is 5.27. The molecule has 2 aromatic rings. The fraction of sp³-hybridized carbons (Fsp3) is 0.158. The maximum atomic E-state index is 2.30. The zero-order valence-electron chi connectivity index (χ0n) is 11.2. The number of benzene rings is 2. The molecule has 0 saturated carbocycles. The van der Waals surface area contributed by atoms with Crippen LogP contribution in [0.25, 0.3) is 5.57 Å². The van der Waals surface area contributed by atoms with Gasteiger partial charge in [-0.15, -0.1) is 0 Å². The zero-order chi connectivity index (χ0) is 13.1. The van der Waals surface area contributed by atoms with E-state index in [-0.39, 0.29) is 0 Å². The van der Waals surface area contributed by atoms with Crippen LogP contribution in [0.3, 0.4) is 0 Å². The smallest absolute Gasteiger partial charge is 0.00617 e. The van der Waals surface area contributed by atoms with Crippen LogP contribution in [0.15, 0.2) is 72.8 Å². The van der Waals surface area contributed by atoms with Crippen molar-refractivity contribution in [3.63, 3.8) is 0 Å². The molecule has 0 radical (unpaired) electrons. The Bertz CT molecular complexity index is 617. The minimum Gasteiger partial charge on any atom is -0.0767 e. The van der Waals surface area contributed by atoms with E-state index < -0.39 is 0 Å². The van der Waals surface area contributed by atoms with Crippen molar-refractivity contribution in [2.75, 3.05) is 0 Å². The van der Waals surface area contributed by atoms with E-state index in [4.69, 9.17) is 0 Å². The van der Waals surface area contributed by atoms with Crippen molar-refractivity contribution in [3.8, 4) is 0 Å². The number of hydrogen-bond acceptors (Lipinski definition) is 0.